The zero-order chi connectivity index (χ0) is 13.9. The van der Waals surface area contributed by atoms with Gasteiger partial charge in [-0.25, -0.2) is 9.97 Å². The molecule has 0 spiro atoms. The molecule has 0 fully saturated rings. The van der Waals surface area contributed by atoms with Crippen LogP contribution < -0.4 is 5.32 Å². The predicted molar refractivity (Wildman–Crippen MR) is 83.7 cm³/mol. The molecule has 0 amide bonds. The Morgan fingerprint density at radius 3 is 2.70 bits per heavy atom. The minimum absolute atomic E-state index is 0.720. The molecule has 0 aliphatic rings. The van der Waals surface area contributed by atoms with Gasteiger partial charge in [-0.2, -0.15) is 0 Å². The van der Waals surface area contributed by atoms with Crippen LogP contribution in [0, 0.1) is 0 Å². The number of pyridine rings is 2. The maximum atomic E-state index is 5.97. The number of hydrogen-bond acceptors (Lipinski definition) is 3. The first-order valence-corrected chi connectivity index (χ1v) is 6.91. The second-order valence-electron chi connectivity index (χ2n) is 4.53. The number of rotatable bonds is 3. The average molecular weight is 284 g/mol. The summed E-state index contributed by atoms with van der Waals surface area (Å²) in [6, 6.07) is 15.5. The number of benzene rings is 1. The highest BCUT2D eigenvalue weighted by molar-refractivity contribution is 6.31. The van der Waals surface area contributed by atoms with Crippen molar-refractivity contribution in [1.82, 2.24) is 9.97 Å². The molecule has 0 unspecified atom stereocenters. The molecule has 0 aliphatic heterocycles. The average Bonchev–Trinajstić information content (AvgIpc) is 2.47. The van der Waals surface area contributed by atoms with Gasteiger partial charge in [0.2, 0.25) is 0 Å². The van der Waals surface area contributed by atoms with Gasteiger partial charge in [0.25, 0.3) is 0 Å². The van der Waals surface area contributed by atoms with Crippen LogP contribution in [0.25, 0.3) is 10.9 Å². The van der Waals surface area contributed by atoms with Crippen molar-refractivity contribution in [2.75, 3.05) is 5.32 Å². The van der Waals surface area contributed by atoms with E-state index < -0.39 is 0 Å². The molecule has 3 aromatic rings. The number of nitrogens with zero attached hydrogens (tertiary/aromatic N) is 2. The van der Waals surface area contributed by atoms with Crippen molar-refractivity contribution < 1.29 is 0 Å². The van der Waals surface area contributed by atoms with Crippen LogP contribution in [0.5, 0.6) is 0 Å². The number of aryl methyl sites for hydroxylation is 1. The van der Waals surface area contributed by atoms with Crippen LogP contribution in [0.1, 0.15) is 12.6 Å². The number of fused-ring (bicyclic) bond motifs is 1. The Bertz CT molecular complexity index is 756. The Hall–Kier alpha value is -2.13. The summed E-state index contributed by atoms with van der Waals surface area (Å²) in [4.78, 5) is 9.07. The molecular weight excluding hydrogens is 270 g/mol. The van der Waals surface area contributed by atoms with Crippen LogP contribution in [0.3, 0.4) is 0 Å². The molecule has 0 saturated heterocycles. The molecular formula is C16H14ClN3. The summed E-state index contributed by atoms with van der Waals surface area (Å²) in [6.45, 7) is 2.09. The molecule has 2 aromatic heterocycles. The Kier molecular flexibility index (Phi) is 3.52. The van der Waals surface area contributed by atoms with Gasteiger partial charge in [0.1, 0.15) is 11.6 Å². The van der Waals surface area contributed by atoms with Crippen LogP contribution in [0.2, 0.25) is 5.02 Å². The third-order valence-electron chi connectivity index (χ3n) is 3.08. The summed E-state index contributed by atoms with van der Waals surface area (Å²) in [5.74, 6) is 1.59. The van der Waals surface area contributed by atoms with Gasteiger partial charge in [0, 0.05) is 16.1 Å². The number of anilines is 2. The van der Waals surface area contributed by atoms with Crippen molar-refractivity contribution in [3.05, 3.63) is 59.2 Å². The minimum Gasteiger partial charge on any atom is -0.325 e. The van der Waals surface area contributed by atoms with Gasteiger partial charge in [-0.1, -0.05) is 24.6 Å². The number of hydrogen-bond donors (Lipinski definition) is 1. The van der Waals surface area contributed by atoms with Gasteiger partial charge in [0.05, 0.1) is 5.52 Å². The second kappa shape index (κ2) is 5.47. The Morgan fingerprint density at radius 2 is 1.85 bits per heavy atom. The van der Waals surface area contributed by atoms with Gasteiger partial charge >= 0.3 is 0 Å². The Balaban J connectivity index is 1.92. The van der Waals surface area contributed by atoms with Crippen LogP contribution in [0.4, 0.5) is 11.6 Å². The fourth-order valence-corrected chi connectivity index (χ4v) is 2.22. The second-order valence-corrected chi connectivity index (χ2v) is 4.96. The lowest BCUT2D eigenvalue weighted by Gasteiger charge is -2.07. The summed E-state index contributed by atoms with van der Waals surface area (Å²) in [5.41, 5.74) is 1.97. The van der Waals surface area contributed by atoms with E-state index in [-0.39, 0.29) is 0 Å². The van der Waals surface area contributed by atoms with Crippen molar-refractivity contribution in [3.8, 4) is 0 Å². The molecule has 0 bridgehead atoms. The molecule has 3 nitrogen and oxygen atoms in total. The monoisotopic (exact) mass is 283 g/mol. The van der Waals surface area contributed by atoms with E-state index in [0.29, 0.717) is 0 Å². The Labute approximate surface area is 122 Å². The van der Waals surface area contributed by atoms with Gasteiger partial charge in [-0.05, 0) is 48.9 Å². The van der Waals surface area contributed by atoms with Crippen molar-refractivity contribution in [2.45, 2.75) is 13.3 Å². The molecule has 0 atom stereocenters. The molecule has 3 rings (SSSR count). The molecule has 0 aliphatic carbocycles. The molecule has 0 radical (unpaired) electrons. The van der Waals surface area contributed by atoms with E-state index in [4.69, 9.17) is 11.6 Å². The first-order chi connectivity index (χ1) is 9.74. The smallest absolute Gasteiger partial charge is 0.132 e. The maximum absolute atomic E-state index is 5.97. The van der Waals surface area contributed by atoms with E-state index in [1.54, 1.807) is 0 Å². The van der Waals surface area contributed by atoms with Crippen LogP contribution in [0.15, 0.2) is 48.5 Å². The van der Waals surface area contributed by atoms with E-state index in [0.717, 1.165) is 39.7 Å². The molecule has 100 valence electrons. The normalized spacial score (nSPS) is 10.7. The topological polar surface area (TPSA) is 37.8 Å². The lowest BCUT2D eigenvalue weighted by molar-refractivity contribution is 1.04. The fraction of sp³-hybridized carbons (Fsp3) is 0.125. The molecule has 1 N–H and O–H groups in total. The van der Waals surface area contributed by atoms with Gasteiger partial charge in [0.15, 0.2) is 0 Å². The molecule has 20 heavy (non-hydrogen) atoms. The number of nitrogens with one attached hydrogen (secondary N) is 1. The van der Waals surface area contributed by atoms with E-state index in [2.05, 4.69) is 22.2 Å². The van der Waals surface area contributed by atoms with Gasteiger partial charge < -0.3 is 5.32 Å². The van der Waals surface area contributed by atoms with Crippen molar-refractivity contribution in [1.29, 1.82) is 0 Å². The summed E-state index contributed by atoms with van der Waals surface area (Å²) in [6.07, 6.45) is 0.916. The highest BCUT2D eigenvalue weighted by Crippen LogP contribution is 2.21. The third kappa shape index (κ3) is 2.73. The molecule has 2 heterocycles. The largest absolute Gasteiger partial charge is 0.325 e. The zero-order valence-corrected chi connectivity index (χ0v) is 11.9. The lowest BCUT2D eigenvalue weighted by Crippen LogP contribution is -1.98. The van der Waals surface area contributed by atoms with Crippen LogP contribution in [-0.2, 0) is 6.42 Å². The standard InChI is InChI=1S/C16H14ClN3/c1-2-13-4-3-5-15(18-13)20-16-9-6-11-10-12(17)7-8-14(11)19-16/h3-10H,2H2,1H3,(H,18,19,20). The van der Waals surface area contributed by atoms with Crippen LogP contribution >= 0.6 is 11.6 Å². The summed E-state index contributed by atoms with van der Waals surface area (Å²) in [7, 11) is 0. The zero-order valence-electron chi connectivity index (χ0n) is 11.1. The Morgan fingerprint density at radius 1 is 1.00 bits per heavy atom. The van der Waals surface area contributed by atoms with Gasteiger partial charge in [-0.3, -0.25) is 0 Å². The first kappa shape index (κ1) is 12.9. The van der Waals surface area contributed by atoms with E-state index >= 15 is 0 Å². The highest BCUT2D eigenvalue weighted by atomic mass is 35.5. The molecule has 4 heteroatoms. The minimum atomic E-state index is 0.720. The van der Waals surface area contributed by atoms with E-state index in [9.17, 15) is 0 Å². The highest BCUT2D eigenvalue weighted by Gasteiger charge is 2.01. The van der Waals surface area contributed by atoms with E-state index in [1.807, 2.05) is 48.5 Å². The van der Waals surface area contributed by atoms with Gasteiger partial charge in [-0.15, -0.1) is 0 Å². The quantitative estimate of drug-likeness (QED) is 0.764. The van der Waals surface area contributed by atoms with Crippen LogP contribution in [-0.4, -0.2) is 9.97 Å². The van der Waals surface area contributed by atoms with Crippen molar-refractivity contribution in [3.63, 3.8) is 0 Å². The lowest BCUT2D eigenvalue weighted by atomic mass is 10.2. The summed E-state index contributed by atoms with van der Waals surface area (Å²) < 4.78 is 0. The maximum Gasteiger partial charge on any atom is 0.132 e. The first-order valence-electron chi connectivity index (χ1n) is 6.54. The fourth-order valence-electron chi connectivity index (χ4n) is 2.04. The predicted octanol–water partition coefficient (Wildman–Crippen LogP) is 4.59. The summed E-state index contributed by atoms with van der Waals surface area (Å²) >= 11 is 5.97. The number of aromatic nitrogens is 2. The molecule has 1 aromatic carbocycles. The van der Waals surface area contributed by atoms with Crippen molar-refractivity contribution in [2.24, 2.45) is 0 Å². The molecule has 0 saturated carbocycles. The third-order valence-corrected chi connectivity index (χ3v) is 3.31. The number of halogens is 1. The SMILES string of the molecule is CCc1cccc(Nc2ccc3cc(Cl)ccc3n2)n1. The van der Waals surface area contributed by atoms with E-state index in [1.165, 1.54) is 0 Å². The van der Waals surface area contributed by atoms with Crippen molar-refractivity contribution >= 4 is 34.1 Å². The summed E-state index contributed by atoms with van der Waals surface area (Å²) in [5, 5.41) is 4.98.